The lowest BCUT2D eigenvalue weighted by atomic mass is 9.76. The Kier molecular flexibility index (Phi) is 1.15. The average Bonchev–Trinajstić information content (AvgIpc) is 2.71. The Morgan fingerprint density at radius 2 is 1.92 bits per heavy atom. The summed E-state index contributed by atoms with van der Waals surface area (Å²) in [5.41, 5.74) is 0.212. The molecule has 4 fully saturated rings. The standard InChI is InChI=1S/C11H16O/c1-2-10(12)11-5-7-3-9(11)4-8(7)6-11/h7-9H,2-6H2,1H3. The van der Waals surface area contributed by atoms with Crippen molar-refractivity contribution in [1.29, 1.82) is 0 Å². The molecule has 1 heteroatoms. The number of Topliss-reactive ketones (excluding diaryl/α,β-unsaturated/α-hetero) is 1. The second-order valence-corrected chi connectivity index (χ2v) is 5.03. The average molecular weight is 164 g/mol. The molecule has 4 aliphatic carbocycles. The molecule has 0 N–H and O–H groups in total. The highest BCUT2D eigenvalue weighted by atomic mass is 16.1. The molecule has 4 rings (SSSR count). The minimum Gasteiger partial charge on any atom is -0.299 e. The molecule has 1 nitrogen and oxygen atoms in total. The summed E-state index contributed by atoms with van der Waals surface area (Å²) in [5.74, 6) is 3.28. The lowest BCUT2D eigenvalue weighted by molar-refractivity contribution is -0.129. The molecule has 4 bridgehead atoms. The fourth-order valence-electron chi connectivity index (χ4n) is 4.32. The van der Waals surface area contributed by atoms with Crippen molar-refractivity contribution >= 4 is 5.78 Å². The minimum absolute atomic E-state index is 0.212. The molecule has 66 valence electrons. The van der Waals surface area contributed by atoms with E-state index in [2.05, 4.69) is 0 Å². The molecular formula is C11H16O. The molecule has 2 unspecified atom stereocenters. The zero-order chi connectivity index (χ0) is 8.34. The van der Waals surface area contributed by atoms with Gasteiger partial charge in [-0.2, -0.15) is 0 Å². The maximum absolute atomic E-state index is 11.8. The summed E-state index contributed by atoms with van der Waals surface area (Å²) in [6.07, 6.45) is 6.06. The van der Waals surface area contributed by atoms with Gasteiger partial charge in [0.2, 0.25) is 0 Å². The van der Waals surface area contributed by atoms with Gasteiger partial charge in [0, 0.05) is 11.8 Å². The summed E-state index contributed by atoms with van der Waals surface area (Å²) >= 11 is 0. The van der Waals surface area contributed by atoms with Crippen molar-refractivity contribution in [2.45, 2.75) is 39.0 Å². The van der Waals surface area contributed by atoms with Gasteiger partial charge in [0.1, 0.15) is 5.78 Å². The molecule has 0 radical (unpaired) electrons. The Morgan fingerprint density at radius 1 is 1.33 bits per heavy atom. The van der Waals surface area contributed by atoms with Crippen LogP contribution in [0.1, 0.15) is 39.0 Å². The van der Waals surface area contributed by atoms with Crippen molar-refractivity contribution < 1.29 is 4.79 Å². The van der Waals surface area contributed by atoms with Crippen molar-refractivity contribution in [1.82, 2.24) is 0 Å². The molecule has 0 spiro atoms. The summed E-state index contributed by atoms with van der Waals surface area (Å²) in [7, 11) is 0. The molecule has 2 atom stereocenters. The molecule has 0 saturated heterocycles. The molecular weight excluding hydrogens is 148 g/mol. The molecule has 0 aliphatic heterocycles. The van der Waals surface area contributed by atoms with Crippen LogP contribution in [-0.2, 0) is 4.79 Å². The first-order chi connectivity index (χ1) is 5.76. The number of rotatable bonds is 2. The van der Waals surface area contributed by atoms with E-state index in [-0.39, 0.29) is 5.41 Å². The van der Waals surface area contributed by atoms with E-state index < -0.39 is 0 Å². The minimum atomic E-state index is 0.212. The molecule has 0 heterocycles. The smallest absolute Gasteiger partial charge is 0.139 e. The van der Waals surface area contributed by atoms with E-state index in [4.69, 9.17) is 0 Å². The van der Waals surface area contributed by atoms with E-state index in [0.29, 0.717) is 5.78 Å². The van der Waals surface area contributed by atoms with Crippen molar-refractivity contribution in [2.24, 2.45) is 23.2 Å². The van der Waals surface area contributed by atoms with Crippen molar-refractivity contribution in [3.8, 4) is 0 Å². The third kappa shape index (κ3) is 0.571. The van der Waals surface area contributed by atoms with Gasteiger partial charge in [-0.05, 0) is 43.4 Å². The number of carbonyl (C=O) groups is 1. The highest BCUT2D eigenvalue weighted by Gasteiger charge is 2.65. The highest BCUT2D eigenvalue weighted by molar-refractivity contribution is 5.86. The van der Waals surface area contributed by atoms with Crippen LogP contribution in [0.3, 0.4) is 0 Å². The van der Waals surface area contributed by atoms with Crippen LogP contribution in [-0.4, -0.2) is 5.78 Å². The Morgan fingerprint density at radius 3 is 2.25 bits per heavy atom. The molecule has 4 saturated carbocycles. The quantitative estimate of drug-likeness (QED) is 0.612. The number of carbonyl (C=O) groups excluding carboxylic acids is 1. The molecule has 4 aliphatic rings. The Labute approximate surface area is 73.5 Å². The van der Waals surface area contributed by atoms with Crippen LogP contribution in [0.15, 0.2) is 0 Å². The van der Waals surface area contributed by atoms with E-state index in [1.165, 1.54) is 25.7 Å². The first-order valence-electron chi connectivity index (χ1n) is 5.29. The van der Waals surface area contributed by atoms with Crippen molar-refractivity contribution in [3.05, 3.63) is 0 Å². The zero-order valence-electron chi connectivity index (χ0n) is 7.68. The third-order valence-electron chi connectivity index (χ3n) is 4.75. The first-order valence-corrected chi connectivity index (χ1v) is 5.29. The van der Waals surface area contributed by atoms with E-state index in [9.17, 15) is 4.79 Å². The van der Waals surface area contributed by atoms with E-state index >= 15 is 0 Å². The number of hydrogen-bond acceptors (Lipinski definition) is 1. The molecule has 0 aromatic heterocycles. The van der Waals surface area contributed by atoms with Gasteiger partial charge in [-0.25, -0.2) is 0 Å². The number of ketones is 1. The summed E-state index contributed by atoms with van der Waals surface area (Å²) in [6.45, 7) is 2.03. The SMILES string of the molecule is CCC(=O)C12CC3CC1CC3C2. The van der Waals surface area contributed by atoms with Gasteiger partial charge in [-0.1, -0.05) is 6.92 Å². The van der Waals surface area contributed by atoms with Gasteiger partial charge in [-0.15, -0.1) is 0 Å². The Hall–Kier alpha value is -0.330. The monoisotopic (exact) mass is 164 g/mol. The van der Waals surface area contributed by atoms with Gasteiger partial charge in [0.05, 0.1) is 0 Å². The van der Waals surface area contributed by atoms with Gasteiger partial charge in [0.15, 0.2) is 0 Å². The fraction of sp³-hybridized carbons (Fsp3) is 0.909. The van der Waals surface area contributed by atoms with Gasteiger partial charge in [0.25, 0.3) is 0 Å². The van der Waals surface area contributed by atoms with Crippen LogP contribution in [0.5, 0.6) is 0 Å². The van der Waals surface area contributed by atoms with Crippen LogP contribution in [0.25, 0.3) is 0 Å². The predicted molar refractivity (Wildman–Crippen MR) is 46.7 cm³/mol. The molecule has 0 aromatic rings. The van der Waals surface area contributed by atoms with Crippen LogP contribution < -0.4 is 0 Å². The molecule has 12 heavy (non-hydrogen) atoms. The summed E-state index contributed by atoms with van der Waals surface area (Å²) < 4.78 is 0. The second kappa shape index (κ2) is 1.94. The normalized spacial score (nSPS) is 53.9. The van der Waals surface area contributed by atoms with E-state index in [1.807, 2.05) is 6.92 Å². The lowest BCUT2D eigenvalue weighted by Crippen LogP contribution is -2.29. The highest BCUT2D eigenvalue weighted by Crippen LogP contribution is 2.70. The van der Waals surface area contributed by atoms with Crippen LogP contribution in [0.2, 0.25) is 0 Å². The van der Waals surface area contributed by atoms with E-state index in [0.717, 1.165) is 24.2 Å². The predicted octanol–water partition coefficient (Wildman–Crippen LogP) is 2.40. The Bertz CT molecular complexity index is 229. The summed E-state index contributed by atoms with van der Waals surface area (Å²) in [4.78, 5) is 11.8. The molecule has 0 amide bonds. The lowest BCUT2D eigenvalue weighted by Gasteiger charge is -2.26. The van der Waals surface area contributed by atoms with Crippen LogP contribution >= 0.6 is 0 Å². The largest absolute Gasteiger partial charge is 0.299 e. The van der Waals surface area contributed by atoms with Crippen molar-refractivity contribution in [2.75, 3.05) is 0 Å². The van der Waals surface area contributed by atoms with Gasteiger partial charge in [-0.3, -0.25) is 4.79 Å². The van der Waals surface area contributed by atoms with Gasteiger partial charge >= 0.3 is 0 Å². The maximum Gasteiger partial charge on any atom is 0.139 e. The topological polar surface area (TPSA) is 17.1 Å². The van der Waals surface area contributed by atoms with E-state index in [1.54, 1.807) is 0 Å². The second-order valence-electron chi connectivity index (χ2n) is 5.03. The third-order valence-corrected chi connectivity index (χ3v) is 4.75. The summed E-state index contributed by atoms with van der Waals surface area (Å²) in [6, 6.07) is 0. The van der Waals surface area contributed by atoms with Gasteiger partial charge < -0.3 is 0 Å². The molecule has 0 aromatic carbocycles. The van der Waals surface area contributed by atoms with Crippen molar-refractivity contribution in [3.63, 3.8) is 0 Å². The fourth-order valence-corrected chi connectivity index (χ4v) is 4.32. The van der Waals surface area contributed by atoms with Crippen LogP contribution in [0, 0.1) is 23.2 Å². The summed E-state index contributed by atoms with van der Waals surface area (Å²) in [5, 5.41) is 0. The van der Waals surface area contributed by atoms with Crippen LogP contribution in [0.4, 0.5) is 0 Å². The maximum atomic E-state index is 11.8. The first kappa shape index (κ1) is 7.11. The number of hydrogen-bond donors (Lipinski definition) is 0. The Balaban J connectivity index is 1.98. The zero-order valence-corrected chi connectivity index (χ0v) is 7.68.